The van der Waals surface area contributed by atoms with Crippen molar-refractivity contribution in [3.63, 3.8) is 0 Å². The van der Waals surface area contributed by atoms with Crippen LogP contribution >= 0.6 is 0 Å². The summed E-state index contributed by atoms with van der Waals surface area (Å²) in [5, 5.41) is 6.18. The zero-order valence-corrected chi connectivity index (χ0v) is 17.7. The van der Waals surface area contributed by atoms with Gasteiger partial charge in [0.1, 0.15) is 5.82 Å². The summed E-state index contributed by atoms with van der Waals surface area (Å²) in [4.78, 5) is 29.8. The first-order valence-electron chi connectivity index (χ1n) is 10.0. The number of nitrogens with two attached hydrogens (primary N) is 1. The van der Waals surface area contributed by atoms with Crippen LogP contribution in [0.3, 0.4) is 0 Å². The molecule has 0 bridgehead atoms. The zero-order valence-electron chi connectivity index (χ0n) is 17.7. The minimum absolute atomic E-state index is 0.0532. The summed E-state index contributed by atoms with van der Waals surface area (Å²) in [6.45, 7) is 6.62. The Hall–Kier alpha value is -3.25. The van der Waals surface area contributed by atoms with E-state index in [1.165, 1.54) is 0 Å². The van der Waals surface area contributed by atoms with Gasteiger partial charge in [-0.05, 0) is 49.1 Å². The number of hydrogen-bond donors (Lipinski definition) is 3. The first-order valence-corrected chi connectivity index (χ1v) is 10.0. The normalized spacial score (nSPS) is 16.1. The van der Waals surface area contributed by atoms with Gasteiger partial charge in [0.2, 0.25) is 5.91 Å². The minimum Gasteiger partial charge on any atom is -0.384 e. The van der Waals surface area contributed by atoms with Crippen LogP contribution in [0.25, 0.3) is 0 Å². The smallest absolute Gasteiger partial charge is 0.224 e. The lowest BCUT2D eigenvalue weighted by molar-refractivity contribution is -0.123. The molecule has 0 aliphatic heterocycles. The fourth-order valence-corrected chi connectivity index (χ4v) is 3.59. The molecule has 1 heterocycles. The molecule has 1 atom stereocenters. The lowest BCUT2D eigenvalue weighted by Gasteiger charge is -2.21. The highest BCUT2D eigenvalue weighted by molar-refractivity contribution is 6.06. The molecule has 1 amide bonds. The van der Waals surface area contributed by atoms with Gasteiger partial charge < -0.3 is 11.1 Å². The number of pyridine rings is 1. The van der Waals surface area contributed by atoms with Gasteiger partial charge in [-0.1, -0.05) is 42.5 Å². The molecule has 1 aliphatic rings. The van der Waals surface area contributed by atoms with Crippen molar-refractivity contribution in [2.45, 2.75) is 46.3 Å². The molecule has 0 fully saturated rings. The van der Waals surface area contributed by atoms with E-state index in [4.69, 9.17) is 5.73 Å². The van der Waals surface area contributed by atoms with Crippen molar-refractivity contribution in [1.29, 1.82) is 0 Å². The Kier molecular flexibility index (Phi) is 6.79. The molecule has 1 unspecified atom stereocenters. The van der Waals surface area contributed by atoms with Crippen LogP contribution in [-0.2, 0) is 22.7 Å². The number of allylic oxidation sites excluding steroid dienone is 2. The van der Waals surface area contributed by atoms with Crippen LogP contribution in [0.2, 0.25) is 0 Å². The molecular formula is C24H28N4O2. The van der Waals surface area contributed by atoms with Crippen LogP contribution in [0.15, 0.2) is 59.7 Å². The lowest BCUT2D eigenvalue weighted by Crippen LogP contribution is -2.38. The van der Waals surface area contributed by atoms with E-state index in [0.717, 1.165) is 28.0 Å². The van der Waals surface area contributed by atoms with Crippen LogP contribution in [-0.4, -0.2) is 22.7 Å². The van der Waals surface area contributed by atoms with Gasteiger partial charge in [0.05, 0.1) is 12.5 Å². The standard InChI is InChI=1S/C24H28N4O2/c1-15-9-10-21(26-13-18-7-5-4-6-8-18)24(30)19(15)12-23(29)27-14-20-16(2)11-22(25)28-17(20)3/h4-11,21,26H,12-14H2,1-3H3,(H2,25,28)(H,27,29). The highest BCUT2D eigenvalue weighted by Gasteiger charge is 2.25. The van der Waals surface area contributed by atoms with Gasteiger partial charge in [-0.25, -0.2) is 4.98 Å². The third-order valence-electron chi connectivity index (χ3n) is 5.34. The summed E-state index contributed by atoms with van der Waals surface area (Å²) in [6, 6.07) is 11.3. The zero-order chi connectivity index (χ0) is 21.7. The lowest BCUT2D eigenvalue weighted by atomic mass is 9.91. The number of amides is 1. The Balaban J connectivity index is 1.60. The summed E-state index contributed by atoms with van der Waals surface area (Å²) >= 11 is 0. The van der Waals surface area contributed by atoms with Gasteiger partial charge in [-0.3, -0.25) is 14.9 Å². The number of nitrogens with zero attached hydrogens (tertiary/aromatic N) is 1. The van der Waals surface area contributed by atoms with Crippen molar-refractivity contribution >= 4 is 17.5 Å². The van der Waals surface area contributed by atoms with Crippen LogP contribution in [0.1, 0.15) is 35.7 Å². The minimum atomic E-state index is -0.428. The molecule has 1 aliphatic carbocycles. The van der Waals surface area contributed by atoms with E-state index in [1.54, 1.807) is 6.07 Å². The molecule has 30 heavy (non-hydrogen) atoms. The Bertz CT molecular complexity index is 986. The van der Waals surface area contributed by atoms with E-state index in [9.17, 15) is 9.59 Å². The highest BCUT2D eigenvalue weighted by Crippen LogP contribution is 2.20. The van der Waals surface area contributed by atoms with Crippen LogP contribution in [0, 0.1) is 13.8 Å². The van der Waals surface area contributed by atoms with Crippen molar-refractivity contribution < 1.29 is 9.59 Å². The second-order valence-corrected chi connectivity index (χ2v) is 7.61. The molecular weight excluding hydrogens is 376 g/mol. The SMILES string of the molecule is CC1=C(CC(=O)NCc2c(C)cc(N)nc2C)C(=O)C(NCc2ccccc2)C=C1. The number of nitrogen functional groups attached to an aromatic ring is 1. The van der Waals surface area contributed by atoms with Gasteiger partial charge in [0, 0.05) is 24.4 Å². The average molecular weight is 405 g/mol. The quantitative estimate of drug-likeness (QED) is 0.659. The molecule has 156 valence electrons. The number of aromatic nitrogens is 1. The molecule has 0 saturated carbocycles. The number of anilines is 1. The maximum absolute atomic E-state index is 12.9. The van der Waals surface area contributed by atoms with Crippen LogP contribution in [0.5, 0.6) is 0 Å². The van der Waals surface area contributed by atoms with E-state index < -0.39 is 6.04 Å². The molecule has 2 aromatic rings. The topological polar surface area (TPSA) is 97.1 Å². The number of Topliss-reactive ketones (excluding diaryl/α,β-unsaturated/α-hetero) is 1. The fraction of sp³-hybridized carbons (Fsp3) is 0.292. The summed E-state index contributed by atoms with van der Waals surface area (Å²) in [5.74, 6) is 0.225. The molecule has 0 spiro atoms. The maximum atomic E-state index is 12.9. The molecule has 6 heteroatoms. The van der Waals surface area contributed by atoms with Crippen molar-refractivity contribution in [2.75, 3.05) is 5.73 Å². The number of aryl methyl sites for hydroxylation is 2. The number of carbonyl (C=O) groups excluding carboxylic acids is 2. The Morgan fingerprint density at radius 1 is 1.13 bits per heavy atom. The molecule has 4 N–H and O–H groups in total. The van der Waals surface area contributed by atoms with E-state index in [1.807, 2.05) is 63.3 Å². The summed E-state index contributed by atoms with van der Waals surface area (Å²) in [6.07, 6.45) is 3.82. The largest absolute Gasteiger partial charge is 0.384 e. The third kappa shape index (κ3) is 5.21. The molecule has 1 aromatic carbocycles. The first kappa shape index (κ1) is 21.5. The predicted octanol–water partition coefficient (Wildman–Crippen LogP) is 2.90. The Morgan fingerprint density at radius 2 is 1.87 bits per heavy atom. The van der Waals surface area contributed by atoms with Crippen molar-refractivity contribution in [2.24, 2.45) is 0 Å². The molecule has 1 aromatic heterocycles. The maximum Gasteiger partial charge on any atom is 0.224 e. The van der Waals surface area contributed by atoms with Crippen molar-refractivity contribution in [1.82, 2.24) is 15.6 Å². The van der Waals surface area contributed by atoms with Gasteiger partial charge in [-0.2, -0.15) is 0 Å². The molecule has 3 rings (SSSR count). The van der Waals surface area contributed by atoms with E-state index >= 15 is 0 Å². The average Bonchev–Trinajstić information content (AvgIpc) is 2.70. The predicted molar refractivity (Wildman–Crippen MR) is 119 cm³/mol. The highest BCUT2D eigenvalue weighted by atomic mass is 16.2. The molecule has 0 saturated heterocycles. The van der Waals surface area contributed by atoms with Gasteiger partial charge in [0.25, 0.3) is 0 Å². The van der Waals surface area contributed by atoms with Gasteiger partial charge >= 0.3 is 0 Å². The summed E-state index contributed by atoms with van der Waals surface area (Å²) < 4.78 is 0. The number of hydrogen-bond acceptors (Lipinski definition) is 5. The summed E-state index contributed by atoms with van der Waals surface area (Å²) in [7, 11) is 0. The molecule has 6 nitrogen and oxygen atoms in total. The Labute approximate surface area is 177 Å². The van der Waals surface area contributed by atoms with Crippen molar-refractivity contribution in [3.8, 4) is 0 Å². The number of ketones is 1. The summed E-state index contributed by atoms with van der Waals surface area (Å²) in [5.41, 5.74) is 11.0. The van der Waals surface area contributed by atoms with Crippen LogP contribution < -0.4 is 16.4 Å². The monoisotopic (exact) mass is 404 g/mol. The van der Waals surface area contributed by atoms with Gasteiger partial charge in [-0.15, -0.1) is 0 Å². The number of benzene rings is 1. The Morgan fingerprint density at radius 3 is 2.57 bits per heavy atom. The first-order chi connectivity index (χ1) is 14.3. The second-order valence-electron chi connectivity index (χ2n) is 7.61. The number of nitrogens with one attached hydrogen (secondary N) is 2. The fourth-order valence-electron chi connectivity index (χ4n) is 3.59. The van der Waals surface area contributed by atoms with Crippen molar-refractivity contribution in [3.05, 3.63) is 82.1 Å². The third-order valence-corrected chi connectivity index (χ3v) is 5.34. The van der Waals surface area contributed by atoms with E-state index in [-0.39, 0.29) is 18.1 Å². The second kappa shape index (κ2) is 9.50. The van der Waals surface area contributed by atoms with E-state index in [2.05, 4.69) is 15.6 Å². The number of carbonyl (C=O) groups is 2. The molecule has 0 radical (unpaired) electrons. The van der Waals surface area contributed by atoms with Crippen LogP contribution in [0.4, 0.5) is 5.82 Å². The van der Waals surface area contributed by atoms with E-state index in [0.29, 0.717) is 24.5 Å². The van der Waals surface area contributed by atoms with Gasteiger partial charge in [0.15, 0.2) is 5.78 Å². The number of rotatable bonds is 7.